The zero-order valence-corrected chi connectivity index (χ0v) is 23.4. The lowest BCUT2D eigenvalue weighted by atomic mass is 9.96. The van der Waals surface area contributed by atoms with E-state index in [2.05, 4.69) is 6.07 Å². The second-order valence-electron chi connectivity index (χ2n) is 9.69. The highest BCUT2D eigenvalue weighted by molar-refractivity contribution is 7.90. The van der Waals surface area contributed by atoms with Crippen molar-refractivity contribution < 1.29 is 12.8 Å². The first-order chi connectivity index (χ1) is 19.3. The van der Waals surface area contributed by atoms with Crippen molar-refractivity contribution in [2.24, 2.45) is 0 Å². The van der Waals surface area contributed by atoms with Gasteiger partial charge in [-0.2, -0.15) is 5.26 Å². The smallest absolute Gasteiger partial charge is 0.233 e. The Hall–Kier alpha value is -4.51. The second kappa shape index (κ2) is 9.91. The summed E-state index contributed by atoms with van der Waals surface area (Å²) in [6, 6.07) is 30.5. The molecule has 0 saturated carbocycles. The van der Waals surface area contributed by atoms with Gasteiger partial charge in [-0.25, -0.2) is 16.8 Å². The fourth-order valence-corrected chi connectivity index (χ4v) is 7.26. The van der Waals surface area contributed by atoms with Gasteiger partial charge in [0.15, 0.2) is 0 Å². The molecule has 4 aromatic carbocycles. The SMILES string of the molecule is Cc1ccc(-c2cccc(-c3c(-c4ccsc4C#N)c4cc(F)ccc4n3S(=O)(=O)c3ccc(C)cc3)c2)cc1. The molecule has 40 heavy (non-hydrogen) atoms. The van der Waals surface area contributed by atoms with Gasteiger partial charge in [0.2, 0.25) is 0 Å². The fourth-order valence-electron chi connectivity index (χ4n) is 5.02. The van der Waals surface area contributed by atoms with E-state index in [-0.39, 0.29) is 4.90 Å². The van der Waals surface area contributed by atoms with Crippen LogP contribution in [-0.4, -0.2) is 12.4 Å². The lowest BCUT2D eigenvalue weighted by molar-refractivity contribution is 0.589. The molecule has 6 rings (SSSR count). The monoisotopic (exact) mass is 562 g/mol. The van der Waals surface area contributed by atoms with Crippen LogP contribution in [0.15, 0.2) is 107 Å². The van der Waals surface area contributed by atoms with Gasteiger partial charge in [0, 0.05) is 22.1 Å². The van der Waals surface area contributed by atoms with E-state index in [1.54, 1.807) is 35.7 Å². The van der Waals surface area contributed by atoms with Gasteiger partial charge in [-0.3, -0.25) is 0 Å². The molecule has 0 aliphatic carbocycles. The largest absolute Gasteiger partial charge is 0.268 e. The number of hydrogen-bond donors (Lipinski definition) is 0. The number of benzene rings is 4. The minimum atomic E-state index is -4.13. The average molecular weight is 563 g/mol. The van der Waals surface area contributed by atoms with E-state index < -0.39 is 15.8 Å². The van der Waals surface area contributed by atoms with E-state index in [4.69, 9.17) is 0 Å². The van der Waals surface area contributed by atoms with Crippen molar-refractivity contribution in [1.82, 2.24) is 3.97 Å². The van der Waals surface area contributed by atoms with Crippen molar-refractivity contribution in [3.05, 3.63) is 124 Å². The Morgan fingerprint density at radius 1 is 0.800 bits per heavy atom. The van der Waals surface area contributed by atoms with Crippen LogP contribution in [-0.2, 0) is 10.0 Å². The van der Waals surface area contributed by atoms with Crippen molar-refractivity contribution in [1.29, 1.82) is 5.26 Å². The van der Waals surface area contributed by atoms with Crippen LogP contribution in [0.25, 0.3) is 44.4 Å². The standard InChI is InChI=1S/C33H23FN2O2S2/c1-21-6-10-23(11-7-21)24-4-3-5-25(18-24)33-32(28-16-17-39-31(28)20-35)29-19-26(34)12-15-30(29)36(33)40(37,38)27-13-8-22(2)9-14-27/h3-19H,1-2H3. The van der Waals surface area contributed by atoms with Crippen LogP contribution < -0.4 is 0 Å². The minimum Gasteiger partial charge on any atom is -0.233 e. The highest BCUT2D eigenvalue weighted by Crippen LogP contribution is 2.45. The maximum absolute atomic E-state index is 14.7. The quantitative estimate of drug-likeness (QED) is 0.211. The van der Waals surface area contributed by atoms with E-state index in [1.807, 2.05) is 62.4 Å². The summed E-state index contributed by atoms with van der Waals surface area (Å²) in [4.78, 5) is 0.541. The van der Waals surface area contributed by atoms with E-state index in [0.29, 0.717) is 38.2 Å². The number of rotatable bonds is 5. The Morgan fingerprint density at radius 3 is 2.17 bits per heavy atom. The zero-order chi connectivity index (χ0) is 28.0. The molecule has 0 atom stereocenters. The van der Waals surface area contributed by atoms with Gasteiger partial charge >= 0.3 is 0 Å². The van der Waals surface area contributed by atoms with Gasteiger partial charge in [-0.15, -0.1) is 11.3 Å². The van der Waals surface area contributed by atoms with Gasteiger partial charge in [-0.05, 0) is 72.8 Å². The van der Waals surface area contributed by atoms with E-state index in [9.17, 15) is 18.1 Å². The number of fused-ring (bicyclic) bond motifs is 1. The number of halogens is 1. The highest BCUT2D eigenvalue weighted by atomic mass is 32.2. The molecule has 0 fully saturated rings. The molecule has 0 amide bonds. The lowest BCUT2D eigenvalue weighted by Crippen LogP contribution is -2.14. The lowest BCUT2D eigenvalue weighted by Gasteiger charge is -2.15. The second-order valence-corrected chi connectivity index (χ2v) is 12.4. The molecule has 0 spiro atoms. The van der Waals surface area contributed by atoms with Gasteiger partial charge in [0.05, 0.1) is 16.1 Å². The van der Waals surface area contributed by atoms with Crippen molar-refractivity contribution in [2.75, 3.05) is 0 Å². The number of aromatic nitrogens is 1. The van der Waals surface area contributed by atoms with E-state index in [0.717, 1.165) is 22.3 Å². The molecule has 0 bridgehead atoms. The Bertz CT molecular complexity index is 2050. The van der Waals surface area contributed by atoms with Crippen LogP contribution in [0, 0.1) is 31.0 Å². The predicted octanol–water partition coefficient (Wildman–Crippen LogP) is 8.57. The average Bonchev–Trinajstić information content (AvgIpc) is 3.56. The van der Waals surface area contributed by atoms with Gasteiger partial charge < -0.3 is 0 Å². The maximum Gasteiger partial charge on any atom is 0.268 e. The molecular weight excluding hydrogens is 540 g/mol. The number of nitriles is 1. The summed E-state index contributed by atoms with van der Waals surface area (Å²) in [6.07, 6.45) is 0. The maximum atomic E-state index is 14.7. The first-order valence-corrected chi connectivity index (χ1v) is 14.9. The van der Waals surface area contributed by atoms with Gasteiger partial charge in [0.25, 0.3) is 10.0 Å². The topological polar surface area (TPSA) is 62.9 Å². The van der Waals surface area contributed by atoms with Gasteiger partial charge in [-0.1, -0.05) is 65.7 Å². The van der Waals surface area contributed by atoms with Crippen LogP contribution in [0.3, 0.4) is 0 Å². The molecule has 6 aromatic rings. The number of nitrogens with zero attached hydrogens (tertiary/aromatic N) is 2. The van der Waals surface area contributed by atoms with E-state index in [1.165, 1.54) is 33.5 Å². The minimum absolute atomic E-state index is 0.118. The first kappa shape index (κ1) is 25.8. The zero-order valence-electron chi connectivity index (χ0n) is 21.7. The number of thiophene rings is 1. The summed E-state index contributed by atoms with van der Waals surface area (Å²) in [5.74, 6) is -0.493. The number of aryl methyl sites for hydroxylation is 2. The molecule has 0 aliphatic rings. The van der Waals surface area contributed by atoms with Crippen LogP contribution in [0.5, 0.6) is 0 Å². The summed E-state index contributed by atoms with van der Waals surface area (Å²) < 4.78 is 44.8. The molecule has 196 valence electrons. The first-order valence-electron chi connectivity index (χ1n) is 12.6. The van der Waals surface area contributed by atoms with Crippen molar-refractivity contribution in [3.63, 3.8) is 0 Å². The van der Waals surface area contributed by atoms with Crippen molar-refractivity contribution in [3.8, 4) is 39.6 Å². The normalized spacial score (nSPS) is 11.6. The van der Waals surface area contributed by atoms with Crippen LogP contribution in [0.1, 0.15) is 16.0 Å². The van der Waals surface area contributed by atoms with Crippen LogP contribution in [0.2, 0.25) is 0 Å². The Labute approximate surface area is 236 Å². The molecule has 0 aliphatic heterocycles. The van der Waals surface area contributed by atoms with Crippen molar-refractivity contribution >= 4 is 32.3 Å². The molecular formula is C33H23FN2O2S2. The van der Waals surface area contributed by atoms with E-state index >= 15 is 0 Å². The summed E-state index contributed by atoms with van der Waals surface area (Å²) in [6.45, 7) is 3.91. The molecule has 0 N–H and O–H groups in total. The molecule has 2 aromatic heterocycles. The third kappa shape index (κ3) is 4.32. The number of hydrogen-bond acceptors (Lipinski definition) is 4. The predicted molar refractivity (Wildman–Crippen MR) is 159 cm³/mol. The molecule has 7 heteroatoms. The molecule has 0 unspecified atom stereocenters. The Morgan fingerprint density at radius 2 is 1.48 bits per heavy atom. The highest BCUT2D eigenvalue weighted by Gasteiger charge is 2.30. The summed E-state index contributed by atoms with van der Waals surface area (Å²) in [5.41, 5.74) is 6.38. The molecule has 4 nitrogen and oxygen atoms in total. The summed E-state index contributed by atoms with van der Waals surface area (Å²) in [5, 5.41) is 12.1. The fraction of sp³-hybridized carbons (Fsp3) is 0.0606. The van der Waals surface area contributed by atoms with Crippen LogP contribution in [0.4, 0.5) is 4.39 Å². The summed E-state index contributed by atoms with van der Waals surface area (Å²) >= 11 is 1.26. The van der Waals surface area contributed by atoms with Crippen molar-refractivity contribution in [2.45, 2.75) is 18.7 Å². The Balaban J connectivity index is 1.75. The van der Waals surface area contributed by atoms with Gasteiger partial charge in [0.1, 0.15) is 16.8 Å². The van der Waals surface area contributed by atoms with Crippen LogP contribution >= 0.6 is 11.3 Å². The third-order valence-electron chi connectivity index (χ3n) is 7.00. The molecule has 0 saturated heterocycles. The molecule has 2 heterocycles. The third-order valence-corrected chi connectivity index (χ3v) is 9.55. The Kier molecular flexibility index (Phi) is 6.38. The molecule has 0 radical (unpaired) electrons. The summed E-state index contributed by atoms with van der Waals surface area (Å²) in [7, 11) is -4.13.